The Hall–Kier alpha value is -2.56. The predicted octanol–water partition coefficient (Wildman–Crippen LogP) is 2.38. The van der Waals surface area contributed by atoms with Gasteiger partial charge in [0.25, 0.3) is 5.91 Å². The molecule has 1 heterocycles. The number of nitrogens with zero attached hydrogens (tertiary/aromatic N) is 1. The Kier molecular flexibility index (Phi) is 4.77. The molecule has 0 saturated heterocycles. The van der Waals surface area contributed by atoms with E-state index in [2.05, 4.69) is 10.3 Å². The number of nitrogens with one attached hydrogen (secondary N) is 1. The van der Waals surface area contributed by atoms with Crippen molar-refractivity contribution in [1.29, 1.82) is 0 Å². The number of hydrogen-bond donors (Lipinski definition) is 2. The summed E-state index contributed by atoms with van der Waals surface area (Å²) in [5.74, 6) is 0.321. The van der Waals surface area contributed by atoms with Gasteiger partial charge < -0.3 is 15.8 Å². The topological polar surface area (TPSA) is 77.2 Å². The summed E-state index contributed by atoms with van der Waals surface area (Å²) in [6, 6.07) is 10.7. The van der Waals surface area contributed by atoms with E-state index in [4.69, 9.17) is 10.5 Å². The maximum absolute atomic E-state index is 12.1. The molecule has 110 valence electrons. The molecule has 21 heavy (non-hydrogen) atoms. The number of nitrogens with two attached hydrogens (primary N) is 1. The van der Waals surface area contributed by atoms with Crippen LogP contribution in [0.5, 0.6) is 5.88 Å². The quantitative estimate of drug-likeness (QED) is 0.827. The largest absolute Gasteiger partial charge is 0.475 e. The lowest BCUT2D eigenvalue weighted by atomic mass is 10.1. The first kappa shape index (κ1) is 14.8. The van der Waals surface area contributed by atoms with Crippen molar-refractivity contribution >= 4 is 11.6 Å². The molecule has 1 aromatic carbocycles. The molecule has 0 unspecified atom stereocenters. The summed E-state index contributed by atoms with van der Waals surface area (Å²) in [5, 5.41) is 2.83. The van der Waals surface area contributed by atoms with Crippen molar-refractivity contribution in [3.63, 3.8) is 0 Å². The predicted molar refractivity (Wildman–Crippen MR) is 82.0 cm³/mol. The molecule has 0 fully saturated rings. The maximum Gasteiger partial charge on any atom is 0.253 e. The lowest BCUT2D eigenvalue weighted by molar-refractivity contribution is 0.0951. The molecule has 1 aromatic heterocycles. The van der Waals surface area contributed by atoms with Gasteiger partial charge in [0.2, 0.25) is 5.88 Å². The number of hydrogen-bond acceptors (Lipinski definition) is 4. The Balaban J connectivity index is 2.07. The minimum atomic E-state index is -0.215. The van der Waals surface area contributed by atoms with Crippen LogP contribution in [0.15, 0.2) is 42.6 Å². The number of nitrogen functional groups attached to an aromatic ring is 1. The van der Waals surface area contributed by atoms with Gasteiger partial charge in [0.05, 0.1) is 11.7 Å². The Bertz CT molecular complexity index is 626. The molecule has 1 amide bonds. The van der Waals surface area contributed by atoms with Crippen LogP contribution in [0.3, 0.4) is 0 Å². The average Bonchev–Trinajstić information content (AvgIpc) is 2.46. The maximum atomic E-state index is 12.1. The highest BCUT2D eigenvalue weighted by molar-refractivity contribution is 5.99. The molecule has 3 N–H and O–H groups in total. The molecule has 0 saturated carbocycles. The van der Waals surface area contributed by atoms with E-state index in [1.54, 1.807) is 30.5 Å². The van der Waals surface area contributed by atoms with E-state index in [1.807, 2.05) is 26.0 Å². The Labute approximate surface area is 124 Å². The summed E-state index contributed by atoms with van der Waals surface area (Å²) in [6.45, 7) is 4.20. The van der Waals surface area contributed by atoms with Gasteiger partial charge in [-0.3, -0.25) is 4.79 Å². The number of carbonyl (C=O) groups is 1. The van der Waals surface area contributed by atoms with Crippen LogP contribution in [0.25, 0.3) is 0 Å². The van der Waals surface area contributed by atoms with Gasteiger partial charge in [-0.05, 0) is 32.0 Å². The van der Waals surface area contributed by atoms with Gasteiger partial charge in [-0.2, -0.15) is 0 Å². The van der Waals surface area contributed by atoms with Gasteiger partial charge >= 0.3 is 0 Å². The van der Waals surface area contributed by atoms with Crippen molar-refractivity contribution < 1.29 is 9.53 Å². The molecule has 0 aliphatic heterocycles. The third kappa shape index (κ3) is 3.95. The highest BCUT2D eigenvalue weighted by Gasteiger charge is 2.11. The number of carbonyl (C=O) groups excluding carboxylic acids is 1. The fraction of sp³-hybridized carbons (Fsp3) is 0.250. The highest BCUT2D eigenvalue weighted by atomic mass is 16.5. The third-order valence-electron chi connectivity index (χ3n) is 2.84. The van der Waals surface area contributed by atoms with E-state index < -0.39 is 0 Å². The number of pyridine rings is 1. The molecular weight excluding hydrogens is 266 g/mol. The van der Waals surface area contributed by atoms with Crippen molar-refractivity contribution in [1.82, 2.24) is 10.3 Å². The van der Waals surface area contributed by atoms with Crippen LogP contribution in [0.2, 0.25) is 0 Å². The Morgan fingerprint density at radius 3 is 2.76 bits per heavy atom. The molecule has 2 rings (SSSR count). The first-order valence-corrected chi connectivity index (χ1v) is 6.81. The van der Waals surface area contributed by atoms with E-state index in [0.29, 0.717) is 23.7 Å². The number of rotatable bonds is 5. The molecule has 0 spiro atoms. The zero-order valence-electron chi connectivity index (χ0n) is 12.2. The van der Waals surface area contributed by atoms with E-state index >= 15 is 0 Å². The molecule has 0 bridgehead atoms. The number of aromatic nitrogens is 1. The van der Waals surface area contributed by atoms with Crippen LogP contribution in [-0.4, -0.2) is 17.0 Å². The van der Waals surface area contributed by atoms with Gasteiger partial charge in [0.15, 0.2) is 0 Å². The minimum absolute atomic E-state index is 0.0270. The standard InChI is InChI=1S/C16H19N3O2/c1-11(2)21-16-12(6-5-9-18-16)10-19-15(20)13-7-3-4-8-14(13)17/h3-9,11H,10,17H2,1-2H3,(H,19,20). The van der Waals surface area contributed by atoms with Gasteiger partial charge in [-0.15, -0.1) is 0 Å². The fourth-order valence-corrected chi connectivity index (χ4v) is 1.86. The molecule has 5 heteroatoms. The van der Waals surface area contributed by atoms with Crippen LogP contribution >= 0.6 is 0 Å². The first-order chi connectivity index (χ1) is 10.1. The second-order valence-corrected chi connectivity index (χ2v) is 4.90. The molecule has 5 nitrogen and oxygen atoms in total. The van der Waals surface area contributed by atoms with E-state index in [-0.39, 0.29) is 12.0 Å². The van der Waals surface area contributed by atoms with Crippen molar-refractivity contribution in [2.45, 2.75) is 26.5 Å². The van der Waals surface area contributed by atoms with Crippen LogP contribution in [0.4, 0.5) is 5.69 Å². The monoisotopic (exact) mass is 285 g/mol. The SMILES string of the molecule is CC(C)Oc1ncccc1CNC(=O)c1ccccc1N. The molecule has 0 radical (unpaired) electrons. The summed E-state index contributed by atoms with van der Waals surface area (Å²) < 4.78 is 5.62. The number of anilines is 1. The van der Waals surface area contributed by atoms with Gasteiger partial charge in [0.1, 0.15) is 0 Å². The third-order valence-corrected chi connectivity index (χ3v) is 2.84. The Morgan fingerprint density at radius 1 is 1.29 bits per heavy atom. The molecule has 0 aliphatic rings. The number of ether oxygens (including phenoxy) is 1. The summed E-state index contributed by atoms with van der Waals surface area (Å²) >= 11 is 0. The van der Waals surface area contributed by atoms with E-state index in [1.165, 1.54) is 0 Å². The van der Waals surface area contributed by atoms with Gasteiger partial charge in [-0.1, -0.05) is 18.2 Å². The summed E-state index contributed by atoms with van der Waals surface area (Å²) in [4.78, 5) is 16.3. The summed E-state index contributed by atoms with van der Waals surface area (Å²) in [7, 11) is 0. The van der Waals surface area contributed by atoms with Crippen molar-refractivity contribution in [3.05, 3.63) is 53.7 Å². The molecule has 0 atom stereocenters. The van der Waals surface area contributed by atoms with Gasteiger partial charge in [-0.25, -0.2) is 4.98 Å². The summed E-state index contributed by atoms with van der Waals surface area (Å²) in [6.07, 6.45) is 1.69. The minimum Gasteiger partial charge on any atom is -0.475 e. The lowest BCUT2D eigenvalue weighted by Gasteiger charge is -2.13. The number of benzene rings is 1. The van der Waals surface area contributed by atoms with Gasteiger partial charge in [0, 0.05) is 24.0 Å². The van der Waals surface area contributed by atoms with Crippen molar-refractivity contribution in [3.8, 4) is 5.88 Å². The molecule has 2 aromatic rings. The van der Waals surface area contributed by atoms with E-state index in [0.717, 1.165) is 5.56 Å². The summed E-state index contributed by atoms with van der Waals surface area (Å²) in [5.41, 5.74) is 7.54. The van der Waals surface area contributed by atoms with E-state index in [9.17, 15) is 4.79 Å². The second kappa shape index (κ2) is 6.74. The van der Waals surface area contributed by atoms with Crippen LogP contribution in [0.1, 0.15) is 29.8 Å². The van der Waals surface area contributed by atoms with Crippen LogP contribution < -0.4 is 15.8 Å². The van der Waals surface area contributed by atoms with Crippen LogP contribution in [0, 0.1) is 0 Å². The lowest BCUT2D eigenvalue weighted by Crippen LogP contribution is -2.24. The van der Waals surface area contributed by atoms with Crippen molar-refractivity contribution in [2.24, 2.45) is 0 Å². The number of amides is 1. The fourth-order valence-electron chi connectivity index (χ4n) is 1.86. The number of para-hydroxylation sites is 1. The normalized spacial score (nSPS) is 10.4. The zero-order valence-corrected chi connectivity index (χ0v) is 12.2. The smallest absolute Gasteiger partial charge is 0.253 e. The first-order valence-electron chi connectivity index (χ1n) is 6.81. The zero-order chi connectivity index (χ0) is 15.2. The average molecular weight is 285 g/mol. The van der Waals surface area contributed by atoms with Crippen LogP contribution in [-0.2, 0) is 6.54 Å². The second-order valence-electron chi connectivity index (χ2n) is 4.90. The molecular formula is C16H19N3O2. The molecule has 0 aliphatic carbocycles. The highest BCUT2D eigenvalue weighted by Crippen LogP contribution is 2.16. The van der Waals surface area contributed by atoms with Crippen molar-refractivity contribution in [2.75, 3.05) is 5.73 Å². The Morgan fingerprint density at radius 2 is 2.05 bits per heavy atom.